The minimum absolute atomic E-state index is 0.0402. The molecule has 3 rings (SSSR count). The molecule has 1 fully saturated rings. The Balaban J connectivity index is 1.50. The number of carbonyl (C=O) groups is 2. The average Bonchev–Trinajstić information content (AvgIpc) is 3.16. The van der Waals surface area contributed by atoms with Gasteiger partial charge in [-0.05, 0) is 38.3 Å². The van der Waals surface area contributed by atoms with Crippen molar-refractivity contribution in [2.24, 2.45) is 0 Å². The van der Waals surface area contributed by atoms with E-state index in [0.717, 1.165) is 51.6 Å². The van der Waals surface area contributed by atoms with Gasteiger partial charge in [0.2, 0.25) is 17.7 Å². The molecular weight excluding hydrogens is 418 g/mol. The molecule has 33 heavy (non-hydrogen) atoms. The summed E-state index contributed by atoms with van der Waals surface area (Å²) in [5.74, 6) is 0.840. The Bertz CT molecular complexity index is 918. The fourth-order valence-electron chi connectivity index (χ4n) is 4.63. The first-order valence-corrected chi connectivity index (χ1v) is 12.1. The Kier molecular flexibility index (Phi) is 8.86. The second-order valence-electron chi connectivity index (χ2n) is 8.91. The summed E-state index contributed by atoms with van der Waals surface area (Å²) in [5, 5.41) is 10.3. The first kappa shape index (κ1) is 24.7. The van der Waals surface area contributed by atoms with Crippen molar-refractivity contribution in [3.8, 4) is 0 Å². The van der Waals surface area contributed by atoms with Crippen LogP contribution in [0, 0.1) is 6.92 Å². The van der Waals surface area contributed by atoms with Gasteiger partial charge in [-0.2, -0.15) is 4.98 Å². The van der Waals surface area contributed by atoms with E-state index in [9.17, 15) is 9.59 Å². The molecule has 1 aliphatic carbocycles. The fourth-order valence-corrected chi connectivity index (χ4v) is 4.63. The highest BCUT2D eigenvalue weighted by Crippen LogP contribution is 2.34. The lowest BCUT2D eigenvalue weighted by molar-refractivity contribution is -0.122. The number of anilines is 1. The van der Waals surface area contributed by atoms with Gasteiger partial charge in [0.15, 0.2) is 5.82 Å². The number of hydrogen-bond donors (Lipinski definition) is 2. The Morgan fingerprint density at radius 2 is 1.88 bits per heavy atom. The lowest BCUT2D eigenvalue weighted by Gasteiger charge is -2.30. The molecule has 2 amide bonds. The van der Waals surface area contributed by atoms with Crippen molar-refractivity contribution in [2.75, 3.05) is 24.5 Å². The lowest BCUT2D eigenvalue weighted by Crippen LogP contribution is -2.45. The van der Waals surface area contributed by atoms with E-state index in [4.69, 9.17) is 4.52 Å². The van der Waals surface area contributed by atoms with Crippen LogP contribution in [-0.2, 0) is 21.5 Å². The maximum atomic E-state index is 12.4. The highest BCUT2D eigenvalue weighted by atomic mass is 16.5. The molecule has 1 aromatic heterocycles. The Morgan fingerprint density at radius 1 is 1.15 bits per heavy atom. The zero-order valence-corrected chi connectivity index (χ0v) is 20.2. The van der Waals surface area contributed by atoms with Gasteiger partial charge in [-0.25, -0.2) is 0 Å². The zero-order valence-electron chi connectivity index (χ0n) is 20.2. The molecule has 1 heterocycles. The number of nitrogens with zero attached hydrogens (tertiary/aromatic N) is 3. The summed E-state index contributed by atoms with van der Waals surface area (Å²) in [6, 6.07) is 8.27. The quantitative estimate of drug-likeness (QED) is 0.531. The predicted octanol–water partition coefficient (Wildman–Crippen LogP) is 3.64. The van der Waals surface area contributed by atoms with Crippen LogP contribution in [0.25, 0.3) is 0 Å². The van der Waals surface area contributed by atoms with Crippen molar-refractivity contribution in [2.45, 2.75) is 77.7 Å². The maximum absolute atomic E-state index is 12.4. The molecule has 0 radical (unpaired) electrons. The van der Waals surface area contributed by atoms with Gasteiger partial charge in [0, 0.05) is 45.1 Å². The largest absolute Gasteiger partial charge is 0.370 e. The van der Waals surface area contributed by atoms with Crippen LogP contribution in [0.2, 0.25) is 0 Å². The van der Waals surface area contributed by atoms with Crippen molar-refractivity contribution in [3.05, 3.63) is 41.5 Å². The third kappa shape index (κ3) is 6.79. The van der Waals surface area contributed by atoms with Crippen LogP contribution in [0.4, 0.5) is 5.69 Å². The maximum Gasteiger partial charge on any atom is 0.227 e. The van der Waals surface area contributed by atoms with E-state index in [1.165, 1.54) is 18.2 Å². The van der Waals surface area contributed by atoms with Crippen LogP contribution >= 0.6 is 0 Å². The van der Waals surface area contributed by atoms with Crippen LogP contribution in [0.15, 0.2) is 28.8 Å². The highest BCUT2D eigenvalue weighted by molar-refractivity contribution is 5.76. The minimum Gasteiger partial charge on any atom is -0.370 e. The van der Waals surface area contributed by atoms with Gasteiger partial charge in [0.1, 0.15) is 5.54 Å². The number of benzene rings is 1. The van der Waals surface area contributed by atoms with Gasteiger partial charge >= 0.3 is 0 Å². The molecule has 2 aromatic rings. The Hall–Kier alpha value is -2.90. The van der Waals surface area contributed by atoms with Crippen LogP contribution < -0.4 is 15.5 Å². The summed E-state index contributed by atoms with van der Waals surface area (Å²) in [5.41, 5.74) is 1.86. The highest BCUT2D eigenvalue weighted by Gasteiger charge is 2.38. The standard InChI is InChI=1S/C25H37N5O3/c1-4-30(21-12-8-7-11-19(21)2)18-17-26-22(32)13-14-23-27-24(29-33-23)25(28-20(3)31)15-9-5-6-10-16-25/h7-8,11-12H,4-6,9-10,13-18H2,1-3H3,(H,26,32)(H,28,31). The molecule has 1 aromatic carbocycles. The van der Waals surface area contributed by atoms with Gasteiger partial charge in [-0.3, -0.25) is 9.59 Å². The van der Waals surface area contributed by atoms with Crippen molar-refractivity contribution in [1.29, 1.82) is 0 Å². The predicted molar refractivity (Wildman–Crippen MR) is 128 cm³/mol. The van der Waals surface area contributed by atoms with E-state index in [1.54, 1.807) is 0 Å². The monoisotopic (exact) mass is 455 g/mol. The molecule has 2 N–H and O–H groups in total. The number of aromatic nitrogens is 2. The summed E-state index contributed by atoms with van der Waals surface area (Å²) in [4.78, 5) is 31.0. The molecule has 0 bridgehead atoms. The number of nitrogens with one attached hydrogen (secondary N) is 2. The number of rotatable bonds is 10. The van der Waals surface area contributed by atoms with Crippen molar-refractivity contribution in [3.63, 3.8) is 0 Å². The summed E-state index contributed by atoms with van der Waals surface area (Å²) in [6.45, 7) is 7.93. The molecule has 1 saturated carbocycles. The van der Waals surface area contributed by atoms with E-state index in [2.05, 4.69) is 51.7 Å². The molecule has 0 unspecified atom stereocenters. The van der Waals surface area contributed by atoms with Gasteiger partial charge in [0.05, 0.1) is 0 Å². The summed E-state index contributed by atoms with van der Waals surface area (Å²) < 4.78 is 5.45. The lowest BCUT2D eigenvalue weighted by atomic mass is 9.89. The molecule has 1 aliphatic rings. The first-order valence-electron chi connectivity index (χ1n) is 12.1. The van der Waals surface area contributed by atoms with Crippen LogP contribution in [0.1, 0.15) is 76.1 Å². The molecule has 180 valence electrons. The van der Waals surface area contributed by atoms with E-state index in [-0.39, 0.29) is 18.2 Å². The number of carbonyl (C=O) groups excluding carboxylic acids is 2. The van der Waals surface area contributed by atoms with Gasteiger partial charge in [-0.1, -0.05) is 49.0 Å². The molecular formula is C25H37N5O3. The second kappa shape index (κ2) is 11.8. The molecule has 0 spiro atoms. The normalized spacial score (nSPS) is 15.5. The number of aryl methyl sites for hydroxylation is 2. The number of likely N-dealkylation sites (N-methyl/N-ethyl adjacent to an activating group) is 1. The molecule has 8 heteroatoms. The van der Waals surface area contributed by atoms with Gasteiger partial charge in [0.25, 0.3) is 0 Å². The van der Waals surface area contributed by atoms with Crippen LogP contribution in [0.3, 0.4) is 0 Å². The van der Waals surface area contributed by atoms with E-state index in [0.29, 0.717) is 24.7 Å². The average molecular weight is 456 g/mol. The summed E-state index contributed by atoms with van der Waals surface area (Å²) in [7, 11) is 0. The minimum atomic E-state index is -0.564. The first-order chi connectivity index (χ1) is 15.9. The summed E-state index contributed by atoms with van der Waals surface area (Å²) in [6.07, 6.45) is 6.60. The molecule has 0 saturated heterocycles. The van der Waals surface area contributed by atoms with Crippen molar-refractivity contribution < 1.29 is 14.1 Å². The number of hydrogen-bond acceptors (Lipinski definition) is 6. The third-order valence-electron chi connectivity index (χ3n) is 6.38. The molecule has 0 aliphatic heterocycles. The SMILES string of the molecule is CCN(CCNC(=O)CCc1nc(C2(NC(C)=O)CCCCCC2)no1)c1ccccc1C. The molecule has 0 atom stereocenters. The van der Waals surface area contributed by atoms with Crippen LogP contribution in [-0.4, -0.2) is 41.6 Å². The van der Waals surface area contributed by atoms with Gasteiger partial charge < -0.3 is 20.1 Å². The fraction of sp³-hybridized carbons (Fsp3) is 0.600. The molecule has 8 nitrogen and oxygen atoms in total. The third-order valence-corrected chi connectivity index (χ3v) is 6.38. The van der Waals surface area contributed by atoms with Gasteiger partial charge in [-0.15, -0.1) is 0 Å². The topological polar surface area (TPSA) is 100 Å². The van der Waals surface area contributed by atoms with E-state index < -0.39 is 5.54 Å². The van der Waals surface area contributed by atoms with Crippen molar-refractivity contribution >= 4 is 17.5 Å². The Morgan fingerprint density at radius 3 is 2.55 bits per heavy atom. The zero-order chi connectivity index (χ0) is 23.7. The Labute approximate surface area is 196 Å². The smallest absolute Gasteiger partial charge is 0.227 e. The summed E-state index contributed by atoms with van der Waals surface area (Å²) >= 11 is 0. The van der Waals surface area contributed by atoms with Crippen LogP contribution in [0.5, 0.6) is 0 Å². The number of amides is 2. The second-order valence-corrected chi connectivity index (χ2v) is 8.91. The van der Waals surface area contributed by atoms with Crippen molar-refractivity contribution in [1.82, 2.24) is 20.8 Å². The number of para-hydroxylation sites is 1. The van der Waals surface area contributed by atoms with E-state index >= 15 is 0 Å². The van der Waals surface area contributed by atoms with E-state index in [1.807, 2.05) is 12.1 Å².